The number of hydrogen-bond donors (Lipinski definition) is 2. The molecular weight excluding hydrogens is 274 g/mol. The molecule has 0 bridgehead atoms. The summed E-state index contributed by atoms with van der Waals surface area (Å²) in [5.74, 6) is 1.74. The van der Waals surface area contributed by atoms with Crippen molar-refractivity contribution >= 4 is 29.2 Å². The Morgan fingerprint density at radius 1 is 1.56 bits per heavy atom. The van der Waals surface area contributed by atoms with Crippen molar-refractivity contribution in [3.05, 3.63) is 17.0 Å². The first-order valence-electron chi connectivity index (χ1n) is 5.44. The summed E-state index contributed by atoms with van der Waals surface area (Å²) in [5, 5.41) is 13.4. The summed E-state index contributed by atoms with van der Waals surface area (Å²) in [7, 11) is 1.57. The monoisotopic (exact) mass is 291 g/mol. The van der Waals surface area contributed by atoms with Crippen molar-refractivity contribution in [1.82, 2.24) is 9.97 Å². The summed E-state index contributed by atoms with van der Waals surface area (Å²) < 4.78 is 4.96. The van der Waals surface area contributed by atoms with Gasteiger partial charge in [-0.25, -0.2) is 9.97 Å². The van der Waals surface area contributed by atoms with Crippen LogP contribution in [0.5, 0.6) is 0 Å². The molecule has 7 heteroatoms. The van der Waals surface area contributed by atoms with Crippen LogP contribution in [-0.2, 0) is 11.3 Å². The molecule has 1 heterocycles. The summed E-state index contributed by atoms with van der Waals surface area (Å²) >= 11 is 7.47. The molecule has 5 nitrogen and oxygen atoms in total. The summed E-state index contributed by atoms with van der Waals surface area (Å²) in [4.78, 5) is 8.26. The van der Waals surface area contributed by atoms with Gasteiger partial charge in [0, 0.05) is 25.5 Å². The Labute approximate surface area is 116 Å². The van der Waals surface area contributed by atoms with Gasteiger partial charge in [0.15, 0.2) is 5.82 Å². The van der Waals surface area contributed by atoms with Crippen LogP contribution in [0.15, 0.2) is 6.07 Å². The van der Waals surface area contributed by atoms with E-state index < -0.39 is 5.60 Å². The van der Waals surface area contributed by atoms with Crippen LogP contribution in [-0.4, -0.2) is 46.3 Å². The summed E-state index contributed by atoms with van der Waals surface area (Å²) in [6.45, 7) is 2.47. The smallest absolute Gasteiger partial charge is 0.158 e. The second kappa shape index (κ2) is 7.13. The van der Waals surface area contributed by atoms with Crippen LogP contribution in [0.1, 0.15) is 12.7 Å². The number of aliphatic hydroxyl groups is 1. The van der Waals surface area contributed by atoms with Gasteiger partial charge >= 0.3 is 0 Å². The highest BCUT2D eigenvalue weighted by Gasteiger charge is 2.19. The molecule has 1 atom stereocenters. The molecule has 0 aromatic carbocycles. The number of aromatic nitrogens is 2. The quantitative estimate of drug-likeness (QED) is 0.747. The SMILES string of the molecule is COCc1nc(Cl)cc(NCC(C)(O)CSC)n1. The molecule has 102 valence electrons. The molecule has 1 rings (SSSR count). The third-order valence-corrected chi connectivity index (χ3v) is 3.22. The predicted octanol–water partition coefficient (Wildman–Crippen LogP) is 1.80. The van der Waals surface area contributed by atoms with Gasteiger partial charge in [-0.2, -0.15) is 11.8 Å². The lowest BCUT2D eigenvalue weighted by atomic mass is 10.1. The lowest BCUT2D eigenvalue weighted by Gasteiger charge is -2.22. The minimum absolute atomic E-state index is 0.302. The zero-order chi connectivity index (χ0) is 13.6. The molecule has 0 saturated heterocycles. The van der Waals surface area contributed by atoms with Crippen molar-refractivity contribution in [3.63, 3.8) is 0 Å². The molecule has 0 aliphatic heterocycles. The van der Waals surface area contributed by atoms with Crippen molar-refractivity contribution in [1.29, 1.82) is 0 Å². The van der Waals surface area contributed by atoms with Gasteiger partial charge in [0.1, 0.15) is 17.6 Å². The van der Waals surface area contributed by atoms with E-state index in [9.17, 15) is 5.11 Å². The first-order chi connectivity index (χ1) is 8.46. The van der Waals surface area contributed by atoms with Gasteiger partial charge in [0.2, 0.25) is 0 Å². The number of ether oxygens (including phenoxy) is 1. The molecule has 18 heavy (non-hydrogen) atoms. The second-order valence-electron chi connectivity index (χ2n) is 4.21. The van der Waals surface area contributed by atoms with E-state index in [1.54, 1.807) is 31.9 Å². The van der Waals surface area contributed by atoms with Gasteiger partial charge in [-0.1, -0.05) is 11.6 Å². The van der Waals surface area contributed by atoms with Crippen LogP contribution < -0.4 is 5.32 Å². The third kappa shape index (κ3) is 5.39. The summed E-state index contributed by atoms with van der Waals surface area (Å²) in [6, 6.07) is 1.62. The Morgan fingerprint density at radius 3 is 2.89 bits per heavy atom. The Kier molecular flexibility index (Phi) is 6.14. The number of halogens is 1. The number of anilines is 1. The van der Waals surface area contributed by atoms with Gasteiger partial charge < -0.3 is 15.2 Å². The summed E-state index contributed by atoms with van der Waals surface area (Å²) in [6.07, 6.45) is 1.95. The van der Waals surface area contributed by atoms with Crippen LogP contribution in [0.3, 0.4) is 0 Å². The number of nitrogens with one attached hydrogen (secondary N) is 1. The molecule has 2 N–H and O–H groups in total. The minimum atomic E-state index is -0.793. The largest absolute Gasteiger partial charge is 0.387 e. The number of methoxy groups -OCH3 is 1. The van der Waals surface area contributed by atoms with Crippen molar-refractivity contribution in [2.45, 2.75) is 19.1 Å². The Bertz CT molecular complexity index is 391. The van der Waals surface area contributed by atoms with Crippen LogP contribution in [0.2, 0.25) is 5.15 Å². The summed E-state index contributed by atoms with van der Waals surface area (Å²) in [5.41, 5.74) is -0.793. The third-order valence-electron chi connectivity index (χ3n) is 2.12. The number of rotatable bonds is 7. The zero-order valence-electron chi connectivity index (χ0n) is 10.7. The molecule has 1 aromatic rings. The zero-order valence-corrected chi connectivity index (χ0v) is 12.3. The van der Waals surface area contributed by atoms with Crippen molar-refractivity contribution in [2.24, 2.45) is 0 Å². The average molecular weight is 292 g/mol. The normalized spacial score (nSPS) is 14.3. The highest BCUT2D eigenvalue weighted by Crippen LogP contribution is 2.15. The van der Waals surface area contributed by atoms with E-state index in [0.717, 1.165) is 0 Å². The van der Waals surface area contributed by atoms with Crippen LogP contribution in [0, 0.1) is 0 Å². The van der Waals surface area contributed by atoms with Crippen LogP contribution >= 0.6 is 23.4 Å². The van der Waals surface area contributed by atoms with E-state index in [0.29, 0.717) is 35.7 Å². The molecular formula is C11H18ClN3O2S. The van der Waals surface area contributed by atoms with Gasteiger partial charge in [-0.05, 0) is 13.2 Å². The molecule has 1 aromatic heterocycles. The lowest BCUT2D eigenvalue weighted by molar-refractivity contribution is 0.0996. The Balaban J connectivity index is 2.66. The molecule has 1 unspecified atom stereocenters. The van der Waals surface area contributed by atoms with Crippen LogP contribution in [0.4, 0.5) is 5.82 Å². The topological polar surface area (TPSA) is 67.3 Å². The molecule has 0 fully saturated rings. The van der Waals surface area contributed by atoms with Gasteiger partial charge in [0.25, 0.3) is 0 Å². The number of hydrogen-bond acceptors (Lipinski definition) is 6. The fourth-order valence-electron chi connectivity index (χ4n) is 1.39. The number of thioether (sulfide) groups is 1. The Morgan fingerprint density at radius 2 is 2.28 bits per heavy atom. The van der Waals surface area contributed by atoms with E-state index in [2.05, 4.69) is 15.3 Å². The Hall–Kier alpha value is -0.560. The predicted molar refractivity (Wildman–Crippen MR) is 75.3 cm³/mol. The molecule has 0 aliphatic rings. The average Bonchev–Trinajstić information content (AvgIpc) is 2.26. The van der Waals surface area contributed by atoms with Crippen molar-refractivity contribution < 1.29 is 9.84 Å². The first kappa shape index (κ1) is 15.5. The van der Waals surface area contributed by atoms with E-state index in [1.165, 1.54) is 0 Å². The lowest BCUT2D eigenvalue weighted by Crippen LogP contribution is -2.36. The molecule has 0 spiro atoms. The van der Waals surface area contributed by atoms with Crippen molar-refractivity contribution in [3.8, 4) is 0 Å². The fourth-order valence-corrected chi connectivity index (χ4v) is 2.32. The maximum atomic E-state index is 10.0. The molecule has 0 saturated carbocycles. The van der Waals surface area contributed by atoms with E-state index >= 15 is 0 Å². The molecule has 0 amide bonds. The van der Waals surface area contributed by atoms with E-state index in [1.807, 2.05) is 6.26 Å². The maximum absolute atomic E-state index is 10.0. The highest BCUT2D eigenvalue weighted by molar-refractivity contribution is 7.98. The first-order valence-corrected chi connectivity index (χ1v) is 7.21. The van der Waals surface area contributed by atoms with Gasteiger partial charge in [0.05, 0.1) is 5.60 Å². The van der Waals surface area contributed by atoms with E-state index in [-0.39, 0.29) is 0 Å². The minimum Gasteiger partial charge on any atom is -0.387 e. The number of nitrogens with zero attached hydrogens (tertiary/aromatic N) is 2. The molecule has 0 aliphatic carbocycles. The van der Waals surface area contributed by atoms with Gasteiger partial charge in [-0.15, -0.1) is 0 Å². The second-order valence-corrected chi connectivity index (χ2v) is 5.46. The van der Waals surface area contributed by atoms with Gasteiger partial charge in [-0.3, -0.25) is 0 Å². The highest BCUT2D eigenvalue weighted by atomic mass is 35.5. The fraction of sp³-hybridized carbons (Fsp3) is 0.636. The van der Waals surface area contributed by atoms with E-state index in [4.69, 9.17) is 16.3 Å². The standard InChI is InChI=1S/C11H18ClN3O2S/c1-11(16,7-18-3)6-13-9-4-8(12)14-10(15-9)5-17-2/h4,16H,5-7H2,1-3H3,(H,13,14,15). The maximum Gasteiger partial charge on any atom is 0.158 e. The van der Waals surface area contributed by atoms with Crippen LogP contribution in [0.25, 0.3) is 0 Å². The van der Waals surface area contributed by atoms with Crippen molar-refractivity contribution in [2.75, 3.05) is 31.0 Å². The molecule has 0 radical (unpaired) electrons.